The van der Waals surface area contributed by atoms with E-state index in [1.165, 1.54) is 0 Å². The van der Waals surface area contributed by atoms with Crippen LogP contribution >= 0.6 is 0 Å². The molecule has 0 aliphatic rings. The first-order valence-electron chi connectivity index (χ1n) is 5.91. The van der Waals surface area contributed by atoms with Crippen LogP contribution in [-0.2, 0) is 0 Å². The summed E-state index contributed by atoms with van der Waals surface area (Å²) >= 11 is 0. The number of hydrogen-bond donors (Lipinski definition) is 8. The van der Waals surface area contributed by atoms with Crippen molar-refractivity contribution >= 4 is 0 Å². The molecular formula is C10H24N2O6. The van der Waals surface area contributed by atoms with Crippen LogP contribution in [0.2, 0.25) is 0 Å². The van der Waals surface area contributed by atoms with E-state index in [0.717, 1.165) is 0 Å². The van der Waals surface area contributed by atoms with E-state index in [4.69, 9.17) is 20.4 Å². The molecule has 0 rings (SSSR count). The van der Waals surface area contributed by atoms with E-state index in [0.29, 0.717) is 13.1 Å². The third-order valence-electron chi connectivity index (χ3n) is 2.20. The third kappa shape index (κ3) is 12.1. The Labute approximate surface area is 106 Å². The van der Waals surface area contributed by atoms with Gasteiger partial charge in [-0.15, -0.1) is 0 Å². The van der Waals surface area contributed by atoms with Crippen molar-refractivity contribution in [3.8, 4) is 0 Å². The molecule has 0 aliphatic heterocycles. The van der Waals surface area contributed by atoms with Crippen molar-refractivity contribution in [2.75, 3.05) is 26.2 Å². The molecular weight excluding hydrogens is 244 g/mol. The first-order chi connectivity index (χ1) is 8.41. The molecule has 0 amide bonds. The number of aliphatic hydroxyl groups is 6. The Morgan fingerprint density at radius 1 is 0.611 bits per heavy atom. The molecule has 0 spiro atoms. The highest BCUT2D eigenvalue weighted by atomic mass is 16.5. The minimum absolute atomic E-state index is 0.104. The second-order valence-electron chi connectivity index (χ2n) is 4.15. The van der Waals surface area contributed by atoms with Crippen LogP contribution in [-0.4, -0.2) is 81.6 Å². The molecule has 0 aromatic carbocycles. The summed E-state index contributed by atoms with van der Waals surface area (Å²) in [7, 11) is 0. The average molecular weight is 268 g/mol. The van der Waals surface area contributed by atoms with Gasteiger partial charge in [0.15, 0.2) is 12.6 Å². The van der Waals surface area contributed by atoms with E-state index in [-0.39, 0.29) is 25.9 Å². The Morgan fingerprint density at radius 2 is 0.944 bits per heavy atom. The second kappa shape index (κ2) is 10.6. The Balaban J connectivity index is 3.30. The highest BCUT2D eigenvalue weighted by molar-refractivity contribution is 4.63. The normalized spacial score (nSPS) is 15.3. The summed E-state index contributed by atoms with van der Waals surface area (Å²) in [6.45, 7) is 1.56. The topological polar surface area (TPSA) is 145 Å². The molecule has 0 bridgehead atoms. The Hall–Kier alpha value is -0.320. The van der Waals surface area contributed by atoms with Gasteiger partial charge in [0.25, 0.3) is 0 Å². The fourth-order valence-corrected chi connectivity index (χ4v) is 1.37. The molecule has 0 aromatic heterocycles. The minimum atomic E-state index is -1.51. The smallest absolute Gasteiger partial charge is 0.153 e. The molecule has 8 N–H and O–H groups in total. The predicted molar refractivity (Wildman–Crippen MR) is 63.4 cm³/mol. The summed E-state index contributed by atoms with van der Waals surface area (Å²) in [5, 5.41) is 58.6. The van der Waals surface area contributed by atoms with Gasteiger partial charge in [0.2, 0.25) is 0 Å². The van der Waals surface area contributed by atoms with Crippen molar-refractivity contribution in [2.45, 2.75) is 37.6 Å². The van der Waals surface area contributed by atoms with Crippen molar-refractivity contribution in [1.82, 2.24) is 10.6 Å². The van der Waals surface area contributed by atoms with Gasteiger partial charge in [0, 0.05) is 39.0 Å². The van der Waals surface area contributed by atoms with Gasteiger partial charge in [-0.1, -0.05) is 0 Å². The van der Waals surface area contributed by atoms with E-state index in [9.17, 15) is 10.2 Å². The van der Waals surface area contributed by atoms with Crippen LogP contribution in [0.15, 0.2) is 0 Å². The van der Waals surface area contributed by atoms with Gasteiger partial charge in [-0.2, -0.15) is 0 Å². The molecule has 2 atom stereocenters. The largest absolute Gasteiger partial charge is 0.392 e. The molecule has 0 radical (unpaired) electrons. The van der Waals surface area contributed by atoms with Crippen molar-refractivity contribution < 1.29 is 30.6 Å². The van der Waals surface area contributed by atoms with Gasteiger partial charge in [0.05, 0.1) is 12.2 Å². The fourth-order valence-electron chi connectivity index (χ4n) is 1.37. The zero-order valence-electron chi connectivity index (χ0n) is 10.2. The van der Waals surface area contributed by atoms with Gasteiger partial charge >= 0.3 is 0 Å². The summed E-state index contributed by atoms with van der Waals surface area (Å²) in [5.41, 5.74) is 0. The monoisotopic (exact) mass is 268 g/mol. The minimum Gasteiger partial charge on any atom is -0.392 e. The maximum Gasteiger partial charge on any atom is 0.153 e. The molecule has 0 saturated carbocycles. The van der Waals surface area contributed by atoms with Crippen LogP contribution in [0.3, 0.4) is 0 Å². The molecule has 2 unspecified atom stereocenters. The van der Waals surface area contributed by atoms with E-state index < -0.39 is 24.8 Å². The van der Waals surface area contributed by atoms with Crippen LogP contribution in [0, 0.1) is 0 Å². The Kier molecular flexibility index (Phi) is 10.4. The summed E-state index contributed by atoms with van der Waals surface area (Å²) in [6.07, 6.45) is -4.87. The number of aliphatic hydroxyl groups excluding tert-OH is 4. The molecule has 0 aliphatic carbocycles. The SMILES string of the molecule is OC(O)CC(O)CNCCNCC(O)CC(O)O. The highest BCUT2D eigenvalue weighted by Gasteiger charge is 2.09. The standard InChI is InChI=1S/C10H24N2O6/c13-7(3-9(15)16)5-11-1-2-12-6-8(14)4-10(17)18/h7-18H,1-6H2. The molecule has 110 valence electrons. The number of rotatable bonds is 11. The van der Waals surface area contributed by atoms with Gasteiger partial charge in [0.1, 0.15) is 0 Å². The maximum absolute atomic E-state index is 9.27. The summed E-state index contributed by atoms with van der Waals surface area (Å²) in [6, 6.07) is 0. The van der Waals surface area contributed by atoms with Crippen LogP contribution in [0.5, 0.6) is 0 Å². The lowest BCUT2D eigenvalue weighted by Crippen LogP contribution is -2.37. The van der Waals surface area contributed by atoms with Crippen molar-refractivity contribution in [3.63, 3.8) is 0 Å². The highest BCUT2D eigenvalue weighted by Crippen LogP contribution is 1.94. The number of nitrogens with one attached hydrogen (secondary N) is 2. The molecule has 0 saturated heterocycles. The molecule has 8 heteroatoms. The lowest BCUT2D eigenvalue weighted by atomic mass is 10.2. The Morgan fingerprint density at radius 3 is 1.22 bits per heavy atom. The van der Waals surface area contributed by atoms with E-state index >= 15 is 0 Å². The van der Waals surface area contributed by atoms with Crippen LogP contribution in [0.25, 0.3) is 0 Å². The van der Waals surface area contributed by atoms with E-state index in [2.05, 4.69) is 10.6 Å². The zero-order chi connectivity index (χ0) is 14.0. The van der Waals surface area contributed by atoms with Gasteiger partial charge < -0.3 is 41.3 Å². The first-order valence-corrected chi connectivity index (χ1v) is 5.91. The third-order valence-corrected chi connectivity index (χ3v) is 2.20. The van der Waals surface area contributed by atoms with E-state index in [1.54, 1.807) is 0 Å². The van der Waals surface area contributed by atoms with Gasteiger partial charge in [-0.05, 0) is 0 Å². The first kappa shape index (κ1) is 17.7. The maximum atomic E-state index is 9.27. The van der Waals surface area contributed by atoms with Crippen molar-refractivity contribution in [3.05, 3.63) is 0 Å². The summed E-state index contributed by atoms with van der Waals surface area (Å²) in [5.74, 6) is 0. The van der Waals surface area contributed by atoms with Crippen LogP contribution in [0.4, 0.5) is 0 Å². The lowest BCUT2D eigenvalue weighted by Gasteiger charge is -2.14. The summed E-state index contributed by atoms with van der Waals surface area (Å²) in [4.78, 5) is 0. The average Bonchev–Trinajstić information content (AvgIpc) is 2.20. The van der Waals surface area contributed by atoms with Crippen molar-refractivity contribution in [2.24, 2.45) is 0 Å². The van der Waals surface area contributed by atoms with Crippen LogP contribution in [0.1, 0.15) is 12.8 Å². The molecule has 0 aromatic rings. The fraction of sp³-hybridized carbons (Fsp3) is 1.00. The van der Waals surface area contributed by atoms with Gasteiger partial charge in [-0.25, -0.2) is 0 Å². The quantitative estimate of drug-likeness (QED) is 0.141. The van der Waals surface area contributed by atoms with Gasteiger partial charge in [-0.3, -0.25) is 0 Å². The Bertz CT molecular complexity index is 173. The molecule has 0 fully saturated rings. The molecule has 8 nitrogen and oxygen atoms in total. The van der Waals surface area contributed by atoms with Crippen LogP contribution < -0.4 is 10.6 Å². The zero-order valence-corrected chi connectivity index (χ0v) is 10.2. The predicted octanol–water partition coefficient (Wildman–Crippen LogP) is -3.71. The lowest BCUT2D eigenvalue weighted by molar-refractivity contribution is -0.0703. The second-order valence-corrected chi connectivity index (χ2v) is 4.15. The number of hydrogen-bond acceptors (Lipinski definition) is 8. The van der Waals surface area contributed by atoms with Crippen molar-refractivity contribution in [1.29, 1.82) is 0 Å². The van der Waals surface area contributed by atoms with E-state index in [1.807, 2.05) is 0 Å². The molecule has 0 heterocycles. The summed E-state index contributed by atoms with van der Waals surface area (Å²) < 4.78 is 0. The molecule has 18 heavy (non-hydrogen) atoms.